The minimum Gasteiger partial charge on any atom is -0.286 e. The van der Waals surface area contributed by atoms with E-state index in [0.29, 0.717) is 16.7 Å². The van der Waals surface area contributed by atoms with Gasteiger partial charge in [0.1, 0.15) is 6.67 Å². The molecule has 0 unspecified atom stereocenters. The van der Waals surface area contributed by atoms with Crippen molar-refractivity contribution in [1.29, 1.82) is 0 Å². The SMILES string of the molecule is O=C1[C@@H]2[C@H]3C=C[C@@H]([C@@H]4C[C@@H]34)[C@H]2C(=O)N1CN(C(=O)C(F)(F)F)c1cccc(Cl)c1. The minimum atomic E-state index is -5.16. The van der Waals surface area contributed by atoms with Gasteiger partial charge in [0.25, 0.3) is 0 Å². The predicted molar refractivity (Wildman–Crippen MR) is 96.4 cm³/mol. The van der Waals surface area contributed by atoms with Crippen molar-refractivity contribution in [3.8, 4) is 0 Å². The molecule has 152 valence electrons. The Morgan fingerprint density at radius 2 is 1.69 bits per heavy atom. The highest BCUT2D eigenvalue weighted by Gasteiger charge is 2.67. The summed E-state index contributed by atoms with van der Waals surface area (Å²) < 4.78 is 39.7. The molecule has 5 nitrogen and oxygen atoms in total. The smallest absolute Gasteiger partial charge is 0.286 e. The zero-order valence-electron chi connectivity index (χ0n) is 15.0. The second-order valence-corrected chi connectivity index (χ2v) is 8.55. The summed E-state index contributed by atoms with van der Waals surface area (Å²) in [7, 11) is 0. The highest BCUT2D eigenvalue weighted by atomic mass is 35.5. The number of hydrogen-bond acceptors (Lipinski definition) is 3. The first-order valence-electron chi connectivity index (χ1n) is 9.36. The molecule has 1 aliphatic heterocycles. The fraction of sp³-hybridized carbons (Fsp3) is 0.450. The van der Waals surface area contributed by atoms with E-state index in [0.717, 1.165) is 11.3 Å². The van der Waals surface area contributed by atoms with Crippen molar-refractivity contribution in [1.82, 2.24) is 4.90 Å². The summed E-state index contributed by atoms with van der Waals surface area (Å²) in [5, 5.41) is 0.137. The number of likely N-dealkylation sites (tertiary alicyclic amines) is 1. The molecule has 9 heteroatoms. The lowest BCUT2D eigenvalue weighted by atomic mass is 9.63. The van der Waals surface area contributed by atoms with E-state index in [-0.39, 0.29) is 22.5 Å². The molecule has 3 amide bonds. The largest absolute Gasteiger partial charge is 0.471 e. The zero-order valence-corrected chi connectivity index (χ0v) is 15.7. The maximum Gasteiger partial charge on any atom is 0.471 e. The van der Waals surface area contributed by atoms with Crippen LogP contribution in [-0.2, 0) is 14.4 Å². The number of carbonyl (C=O) groups excluding carboxylic acids is 3. The fourth-order valence-corrected chi connectivity index (χ4v) is 5.54. The molecule has 5 aliphatic rings. The van der Waals surface area contributed by atoms with Crippen LogP contribution in [0, 0.1) is 35.5 Å². The molecule has 2 bridgehead atoms. The van der Waals surface area contributed by atoms with Gasteiger partial charge in [-0.05, 0) is 48.3 Å². The Balaban J connectivity index is 1.47. The van der Waals surface area contributed by atoms with E-state index < -0.39 is 42.4 Å². The van der Waals surface area contributed by atoms with Gasteiger partial charge in [0.2, 0.25) is 11.8 Å². The molecule has 1 heterocycles. The van der Waals surface area contributed by atoms with Gasteiger partial charge in [-0.2, -0.15) is 13.2 Å². The van der Waals surface area contributed by atoms with Crippen molar-refractivity contribution in [2.24, 2.45) is 35.5 Å². The summed E-state index contributed by atoms with van der Waals surface area (Å²) >= 11 is 5.87. The van der Waals surface area contributed by atoms with Gasteiger partial charge in [-0.15, -0.1) is 0 Å². The monoisotopic (exact) mass is 424 g/mol. The first-order valence-corrected chi connectivity index (χ1v) is 9.74. The van der Waals surface area contributed by atoms with Gasteiger partial charge in [0.15, 0.2) is 0 Å². The normalized spacial score (nSPS) is 34.3. The van der Waals surface area contributed by atoms with Crippen molar-refractivity contribution in [2.75, 3.05) is 11.6 Å². The Hall–Kier alpha value is -2.35. The highest BCUT2D eigenvalue weighted by Crippen LogP contribution is 2.65. The summed E-state index contributed by atoms with van der Waals surface area (Å²) in [5.74, 6) is -3.55. The number of allylic oxidation sites excluding steroid dienone is 2. The number of alkyl halides is 3. The number of benzene rings is 1. The van der Waals surface area contributed by atoms with Crippen molar-refractivity contribution in [3.63, 3.8) is 0 Å². The summed E-state index contributed by atoms with van der Waals surface area (Å²) in [6.07, 6.45) is -0.227. The topological polar surface area (TPSA) is 57.7 Å². The number of halogens is 4. The van der Waals surface area contributed by atoms with Crippen molar-refractivity contribution < 1.29 is 27.6 Å². The average molecular weight is 425 g/mol. The molecule has 0 aromatic heterocycles. The Morgan fingerprint density at radius 3 is 2.21 bits per heavy atom. The van der Waals surface area contributed by atoms with Crippen molar-refractivity contribution >= 4 is 35.0 Å². The van der Waals surface area contributed by atoms with Crippen molar-refractivity contribution in [3.05, 3.63) is 41.4 Å². The molecule has 4 aliphatic carbocycles. The lowest BCUT2D eigenvalue weighted by Crippen LogP contribution is -2.49. The van der Waals surface area contributed by atoms with E-state index in [2.05, 4.69) is 0 Å². The van der Waals surface area contributed by atoms with E-state index >= 15 is 0 Å². The Morgan fingerprint density at radius 1 is 1.10 bits per heavy atom. The Bertz CT molecular complexity index is 927. The van der Waals surface area contributed by atoms with Crippen LogP contribution in [0.15, 0.2) is 36.4 Å². The van der Waals surface area contributed by atoms with E-state index in [1.165, 1.54) is 24.3 Å². The Kier molecular flexibility index (Phi) is 3.91. The second kappa shape index (κ2) is 6.08. The van der Waals surface area contributed by atoms with Crippen molar-refractivity contribution in [2.45, 2.75) is 12.6 Å². The molecule has 0 radical (unpaired) electrons. The van der Waals surface area contributed by atoms with Crippen LogP contribution in [0.1, 0.15) is 6.42 Å². The zero-order chi connectivity index (χ0) is 20.7. The summed E-state index contributed by atoms with van der Waals surface area (Å²) in [6.45, 7) is -0.780. The molecule has 1 aromatic rings. The van der Waals surface area contributed by atoms with E-state index in [1.54, 1.807) is 0 Å². The van der Waals surface area contributed by atoms with Gasteiger partial charge in [-0.25, -0.2) is 0 Å². The van der Waals surface area contributed by atoms with Gasteiger partial charge in [0.05, 0.1) is 11.8 Å². The first kappa shape index (κ1) is 18.7. The first-order chi connectivity index (χ1) is 13.7. The molecule has 6 rings (SSSR count). The third kappa shape index (κ3) is 2.72. The molecule has 0 spiro atoms. The predicted octanol–water partition coefficient (Wildman–Crippen LogP) is 3.25. The molecule has 6 atom stereocenters. The summed E-state index contributed by atoms with van der Waals surface area (Å²) in [5.41, 5.74) is -0.126. The molecule has 0 N–H and O–H groups in total. The van der Waals surface area contributed by atoms with Crippen LogP contribution in [-0.4, -0.2) is 35.5 Å². The Labute approximate surface area is 169 Å². The fourth-order valence-electron chi connectivity index (χ4n) is 5.36. The number of amides is 3. The summed E-state index contributed by atoms with van der Waals surface area (Å²) in [6, 6.07) is 5.34. The lowest BCUT2D eigenvalue weighted by molar-refractivity contribution is -0.171. The quantitative estimate of drug-likeness (QED) is 0.553. The lowest BCUT2D eigenvalue weighted by Gasteiger charge is -2.37. The average Bonchev–Trinajstić information content (AvgIpc) is 3.44. The molecule has 2 saturated carbocycles. The number of imide groups is 1. The molecule has 3 fully saturated rings. The number of rotatable bonds is 3. The van der Waals surface area contributed by atoms with Gasteiger partial charge in [0, 0.05) is 10.7 Å². The number of hydrogen-bond donors (Lipinski definition) is 0. The molecular weight excluding hydrogens is 409 g/mol. The van der Waals surface area contributed by atoms with Gasteiger partial charge in [-0.1, -0.05) is 29.8 Å². The number of nitrogens with zero attached hydrogens (tertiary/aromatic N) is 2. The number of anilines is 1. The highest BCUT2D eigenvalue weighted by molar-refractivity contribution is 6.31. The van der Waals surface area contributed by atoms with Crippen LogP contribution < -0.4 is 4.90 Å². The standard InChI is InChI=1S/C20H16ClF3N2O3/c21-9-2-1-3-10(6-9)25(19(29)20(22,23)24)8-26-17(27)15-11-4-5-12(14-7-13(11)14)16(15)18(26)28/h1-6,11-16H,7-8H2/t11-,12-,13-,14-,15+,16+/m0/s1. The van der Waals surface area contributed by atoms with Crippen LogP contribution in [0.2, 0.25) is 5.02 Å². The minimum absolute atomic E-state index is 0.0469. The van der Waals surface area contributed by atoms with E-state index in [1.807, 2.05) is 12.2 Å². The maximum absolute atomic E-state index is 13.2. The van der Waals surface area contributed by atoms with Gasteiger partial charge < -0.3 is 0 Å². The van der Waals surface area contributed by atoms with Gasteiger partial charge >= 0.3 is 12.1 Å². The molecular formula is C20H16ClF3N2O3. The second-order valence-electron chi connectivity index (χ2n) is 8.11. The van der Waals surface area contributed by atoms with E-state index in [4.69, 9.17) is 11.6 Å². The number of carbonyl (C=O) groups is 3. The van der Waals surface area contributed by atoms with Crippen LogP contribution in [0.25, 0.3) is 0 Å². The third-order valence-corrected chi connectivity index (χ3v) is 6.88. The van der Waals surface area contributed by atoms with E-state index in [9.17, 15) is 27.6 Å². The van der Waals surface area contributed by atoms with Crippen LogP contribution in [0.3, 0.4) is 0 Å². The summed E-state index contributed by atoms with van der Waals surface area (Å²) in [4.78, 5) is 39.4. The van der Waals surface area contributed by atoms with Crippen LogP contribution in [0.5, 0.6) is 0 Å². The van der Waals surface area contributed by atoms with Crippen LogP contribution >= 0.6 is 11.6 Å². The van der Waals surface area contributed by atoms with Gasteiger partial charge in [-0.3, -0.25) is 24.2 Å². The molecule has 29 heavy (non-hydrogen) atoms. The molecule has 1 saturated heterocycles. The molecule has 1 aromatic carbocycles. The maximum atomic E-state index is 13.2. The van der Waals surface area contributed by atoms with Crippen LogP contribution in [0.4, 0.5) is 18.9 Å². The third-order valence-electron chi connectivity index (χ3n) is 6.64.